The van der Waals surface area contributed by atoms with Crippen LogP contribution in [-0.4, -0.2) is 39.6 Å². The van der Waals surface area contributed by atoms with E-state index in [-0.39, 0.29) is 5.91 Å². The van der Waals surface area contributed by atoms with Crippen molar-refractivity contribution in [3.63, 3.8) is 0 Å². The SMILES string of the molecule is C#CCNC(=O)C[NH+](CC)Cc1ccc(N(C)C)cc1. The molecule has 4 nitrogen and oxygen atoms in total. The Morgan fingerprint density at radius 1 is 1.35 bits per heavy atom. The quantitative estimate of drug-likeness (QED) is 0.682. The lowest BCUT2D eigenvalue weighted by Gasteiger charge is -2.18. The average molecular weight is 274 g/mol. The Kier molecular flexibility index (Phi) is 6.61. The Balaban J connectivity index is 2.55. The molecule has 4 heteroatoms. The largest absolute Gasteiger partial charge is 0.378 e. The maximum absolute atomic E-state index is 11.7. The van der Waals surface area contributed by atoms with Crippen LogP contribution >= 0.6 is 0 Å². The summed E-state index contributed by atoms with van der Waals surface area (Å²) in [6, 6.07) is 8.43. The first kappa shape index (κ1) is 16.1. The first-order valence-electron chi connectivity index (χ1n) is 6.86. The van der Waals surface area contributed by atoms with Gasteiger partial charge < -0.3 is 15.1 Å². The topological polar surface area (TPSA) is 36.8 Å². The van der Waals surface area contributed by atoms with Gasteiger partial charge in [0.1, 0.15) is 6.54 Å². The molecule has 1 amide bonds. The molecule has 1 aromatic rings. The van der Waals surface area contributed by atoms with E-state index in [9.17, 15) is 4.79 Å². The van der Waals surface area contributed by atoms with Crippen LogP contribution in [0, 0.1) is 12.3 Å². The number of anilines is 1. The van der Waals surface area contributed by atoms with Crippen molar-refractivity contribution in [2.24, 2.45) is 0 Å². The van der Waals surface area contributed by atoms with E-state index >= 15 is 0 Å². The highest BCUT2D eigenvalue weighted by Crippen LogP contribution is 2.11. The monoisotopic (exact) mass is 274 g/mol. The van der Waals surface area contributed by atoms with Gasteiger partial charge >= 0.3 is 0 Å². The highest BCUT2D eigenvalue weighted by molar-refractivity contribution is 5.77. The second-order valence-corrected chi connectivity index (χ2v) is 5.00. The van der Waals surface area contributed by atoms with Gasteiger partial charge in [-0.2, -0.15) is 0 Å². The van der Waals surface area contributed by atoms with Crippen molar-refractivity contribution < 1.29 is 9.69 Å². The minimum atomic E-state index is 0.00436. The minimum Gasteiger partial charge on any atom is -0.378 e. The van der Waals surface area contributed by atoms with Crippen LogP contribution in [-0.2, 0) is 11.3 Å². The van der Waals surface area contributed by atoms with Gasteiger partial charge in [-0.05, 0) is 19.1 Å². The molecule has 1 atom stereocenters. The summed E-state index contributed by atoms with van der Waals surface area (Å²) in [7, 11) is 4.04. The molecule has 1 rings (SSSR count). The number of hydrogen-bond donors (Lipinski definition) is 2. The lowest BCUT2D eigenvalue weighted by atomic mass is 10.2. The van der Waals surface area contributed by atoms with Crippen LogP contribution in [0.3, 0.4) is 0 Å². The second-order valence-electron chi connectivity index (χ2n) is 5.00. The normalized spacial score (nSPS) is 11.5. The van der Waals surface area contributed by atoms with Gasteiger partial charge in [0.2, 0.25) is 0 Å². The minimum absolute atomic E-state index is 0.00436. The number of carbonyl (C=O) groups excluding carboxylic acids is 1. The van der Waals surface area contributed by atoms with E-state index in [2.05, 4.69) is 47.3 Å². The number of likely N-dealkylation sites (N-methyl/N-ethyl adjacent to an activating group) is 1. The number of hydrogen-bond acceptors (Lipinski definition) is 2. The molecule has 1 unspecified atom stereocenters. The molecule has 0 heterocycles. The van der Waals surface area contributed by atoms with Crippen LogP contribution in [0.25, 0.3) is 0 Å². The van der Waals surface area contributed by atoms with Crippen molar-refractivity contribution in [3.05, 3.63) is 29.8 Å². The van der Waals surface area contributed by atoms with Crippen LogP contribution < -0.4 is 15.1 Å². The van der Waals surface area contributed by atoms with Gasteiger partial charge in [-0.15, -0.1) is 6.42 Å². The number of benzene rings is 1. The Bertz CT molecular complexity index is 460. The van der Waals surface area contributed by atoms with Gasteiger partial charge in [-0.1, -0.05) is 18.1 Å². The molecule has 108 valence electrons. The fraction of sp³-hybridized carbons (Fsp3) is 0.438. The molecule has 0 aliphatic heterocycles. The molecule has 0 aromatic heterocycles. The van der Waals surface area contributed by atoms with Crippen LogP contribution in [0.4, 0.5) is 5.69 Å². The van der Waals surface area contributed by atoms with Gasteiger partial charge in [-0.25, -0.2) is 0 Å². The molecule has 20 heavy (non-hydrogen) atoms. The summed E-state index contributed by atoms with van der Waals surface area (Å²) in [4.78, 5) is 15.0. The Hall–Kier alpha value is -1.99. The van der Waals surface area contributed by atoms with Crippen molar-refractivity contribution >= 4 is 11.6 Å². The highest BCUT2D eigenvalue weighted by Gasteiger charge is 2.12. The molecular formula is C16H24N3O+. The van der Waals surface area contributed by atoms with Gasteiger partial charge in [0.15, 0.2) is 6.54 Å². The Morgan fingerprint density at radius 3 is 2.50 bits per heavy atom. The van der Waals surface area contributed by atoms with E-state index in [1.54, 1.807) is 0 Å². The Morgan fingerprint density at radius 2 is 2.00 bits per heavy atom. The molecular weight excluding hydrogens is 250 g/mol. The van der Waals surface area contributed by atoms with Crippen LogP contribution in [0.15, 0.2) is 24.3 Å². The lowest BCUT2D eigenvalue weighted by molar-refractivity contribution is -0.904. The van der Waals surface area contributed by atoms with Crippen molar-refractivity contribution in [1.29, 1.82) is 0 Å². The third-order valence-corrected chi connectivity index (χ3v) is 3.21. The van der Waals surface area contributed by atoms with Gasteiger partial charge in [0.05, 0.1) is 13.1 Å². The maximum atomic E-state index is 11.7. The smallest absolute Gasteiger partial charge is 0.275 e. The summed E-state index contributed by atoms with van der Waals surface area (Å²) in [5.74, 6) is 2.41. The van der Waals surface area contributed by atoms with Crippen LogP contribution in [0.5, 0.6) is 0 Å². The zero-order valence-electron chi connectivity index (χ0n) is 12.6. The first-order valence-corrected chi connectivity index (χ1v) is 6.86. The fourth-order valence-electron chi connectivity index (χ4n) is 1.95. The number of carbonyl (C=O) groups is 1. The third kappa shape index (κ3) is 5.33. The molecule has 0 radical (unpaired) electrons. The van der Waals surface area contributed by atoms with Crippen molar-refractivity contribution in [3.8, 4) is 12.3 Å². The number of amides is 1. The van der Waals surface area contributed by atoms with Gasteiger partial charge in [0, 0.05) is 25.3 Å². The first-order chi connectivity index (χ1) is 9.56. The molecule has 0 saturated heterocycles. The van der Waals surface area contributed by atoms with Crippen molar-refractivity contribution in [2.75, 3.05) is 38.6 Å². The van der Waals surface area contributed by atoms with E-state index in [4.69, 9.17) is 6.42 Å². The predicted molar refractivity (Wildman–Crippen MR) is 82.7 cm³/mol. The zero-order chi connectivity index (χ0) is 15.0. The predicted octanol–water partition coefficient (Wildman–Crippen LogP) is -0.0932. The van der Waals surface area contributed by atoms with E-state index in [1.807, 2.05) is 14.1 Å². The Labute approximate surface area is 121 Å². The van der Waals surface area contributed by atoms with E-state index < -0.39 is 0 Å². The average Bonchev–Trinajstić information content (AvgIpc) is 2.44. The molecule has 2 N–H and O–H groups in total. The molecule has 0 bridgehead atoms. The van der Waals surface area contributed by atoms with Gasteiger partial charge in [-0.3, -0.25) is 4.79 Å². The summed E-state index contributed by atoms with van der Waals surface area (Å²) in [5.41, 5.74) is 2.41. The van der Waals surface area contributed by atoms with Crippen molar-refractivity contribution in [2.45, 2.75) is 13.5 Å². The summed E-state index contributed by atoms with van der Waals surface area (Å²) in [5, 5.41) is 2.70. The fourth-order valence-corrected chi connectivity index (χ4v) is 1.95. The molecule has 0 fully saturated rings. The summed E-state index contributed by atoms with van der Waals surface area (Å²) >= 11 is 0. The summed E-state index contributed by atoms with van der Waals surface area (Å²) in [6.45, 7) is 4.57. The number of terminal acetylenes is 1. The molecule has 1 aromatic carbocycles. The van der Waals surface area contributed by atoms with Crippen molar-refractivity contribution in [1.82, 2.24) is 5.32 Å². The van der Waals surface area contributed by atoms with E-state index in [1.165, 1.54) is 16.2 Å². The van der Waals surface area contributed by atoms with Crippen LogP contribution in [0.2, 0.25) is 0 Å². The number of quaternary nitrogens is 1. The van der Waals surface area contributed by atoms with Crippen LogP contribution in [0.1, 0.15) is 12.5 Å². The third-order valence-electron chi connectivity index (χ3n) is 3.21. The molecule has 0 aliphatic rings. The number of nitrogens with zero attached hydrogens (tertiary/aromatic N) is 1. The van der Waals surface area contributed by atoms with E-state index in [0.717, 1.165) is 13.1 Å². The van der Waals surface area contributed by atoms with E-state index in [0.29, 0.717) is 13.1 Å². The van der Waals surface area contributed by atoms with Gasteiger partial charge in [0.25, 0.3) is 5.91 Å². The number of rotatable bonds is 7. The zero-order valence-corrected chi connectivity index (χ0v) is 12.6. The molecule has 0 aliphatic carbocycles. The molecule has 0 spiro atoms. The standard InChI is InChI=1S/C16H23N3O/c1-5-11-17-16(20)13-19(6-2)12-14-7-9-15(10-8-14)18(3)4/h1,7-10H,6,11-13H2,2-4H3,(H,17,20)/p+1. The molecule has 0 saturated carbocycles. The summed E-state index contributed by atoms with van der Waals surface area (Å²) in [6.07, 6.45) is 5.13. The number of nitrogens with one attached hydrogen (secondary N) is 2. The summed E-state index contributed by atoms with van der Waals surface area (Å²) < 4.78 is 0. The lowest BCUT2D eigenvalue weighted by Crippen LogP contribution is -3.11. The second kappa shape index (κ2) is 8.23. The highest BCUT2D eigenvalue weighted by atomic mass is 16.2. The maximum Gasteiger partial charge on any atom is 0.275 e.